The molecule has 0 aromatic heterocycles. The fraction of sp³-hybridized carbons (Fsp3) is 0.571. The Hall–Kier alpha value is -0.630. The Morgan fingerprint density at radius 3 is 2.57 bits per heavy atom. The van der Waals surface area contributed by atoms with Gasteiger partial charge in [-0.1, -0.05) is 0 Å². The van der Waals surface area contributed by atoms with E-state index in [-0.39, 0.29) is 10.9 Å². The highest BCUT2D eigenvalue weighted by molar-refractivity contribution is 9.10. The minimum absolute atomic E-state index is 0.0633. The van der Waals surface area contributed by atoms with E-state index in [1.54, 1.807) is 25.3 Å². The first kappa shape index (κ1) is 15.3. The Kier molecular flexibility index (Phi) is 4.27. The number of methoxy groups -OCH3 is 1. The maximum absolute atomic E-state index is 12.5. The van der Waals surface area contributed by atoms with Crippen LogP contribution < -0.4 is 14.4 Å². The third-order valence-corrected chi connectivity index (χ3v) is 6.66. The van der Waals surface area contributed by atoms with Crippen LogP contribution in [-0.4, -0.2) is 41.2 Å². The van der Waals surface area contributed by atoms with Gasteiger partial charge in [-0.3, -0.25) is 0 Å². The molecular weight excluding hydrogens is 356 g/mol. The van der Waals surface area contributed by atoms with Crippen molar-refractivity contribution in [3.05, 3.63) is 22.7 Å². The van der Waals surface area contributed by atoms with E-state index < -0.39 is 10.0 Å². The van der Waals surface area contributed by atoms with Crippen molar-refractivity contribution in [3.63, 3.8) is 0 Å². The molecule has 0 amide bonds. The van der Waals surface area contributed by atoms with Gasteiger partial charge in [-0.2, -0.15) is 0 Å². The third kappa shape index (κ3) is 3.11. The molecule has 0 aliphatic carbocycles. The maximum Gasteiger partial charge on any atom is 0.241 e. The minimum Gasteiger partial charge on any atom is -0.496 e. The SMILES string of the molecule is COc1ccc(S(=O)(=O)N[C@@H]2C[NH+]3CCC2CC3)cc1Br. The van der Waals surface area contributed by atoms with Crippen molar-refractivity contribution in [2.45, 2.75) is 23.8 Å². The van der Waals surface area contributed by atoms with Crippen molar-refractivity contribution in [1.29, 1.82) is 0 Å². The molecule has 0 spiro atoms. The second-order valence-corrected chi connectivity index (χ2v) is 8.38. The van der Waals surface area contributed by atoms with Crippen LogP contribution in [0.3, 0.4) is 0 Å². The van der Waals surface area contributed by atoms with E-state index in [0.717, 1.165) is 19.4 Å². The van der Waals surface area contributed by atoms with Gasteiger partial charge < -0.3 is 9.64 Å². The van der Waals surface area contributed by atoms with E-state index in [4.69, 9.17) is 4.74 Å². The van der Waals surface area contributed by atoms with Gasteiger partial charge >= 0.3 is 0 Å². The molecule has 116 valence electrons. The van der Waals surface area contributed by atoms with Crippen LogP contribution in [0.4, 0.5) is 0 Å². The minimum atomic E-state index is -3.48. The summed E-state index contributed by atoms with van der Waals surface area (Å²) < 4.78 is 33.8. The van der Waals surface area contributed by atoms with Crippen molar-refractivity contribution in [1.82, 2.24) is 4.72 Å². The smallest absolute Gasteiger partial charge is 0.241 e. The number of fused-ring (bicyclic) bond motifs is 3. The molecule has 5 nitrogen and oxygen atoms in total. The number of benzene rings is 1. The van der Waals surface area contributed by atoms with Crippen LogP contribution in [0, 0.1) is 5.92 Å². The average Bonchev–Trinajstić information content (AvgIpc) is 2.48. The number of sulfonamides is 1. The van der Waals surface area contributed by atoms with E-state index in [9.17, 15) is 8.42 Å². The molecule has 7 heteroatoms. The molecule has 3 heterocycles. The van der Waals surface area contributed by atoms with E-state index in [0.29, 0.717) is 16.1 Å². The summed E-state index contributed by atoms with van der Waals surface area (Å²) in [4.78, 5) is 1.79. The highest BCUT2D eigenvalue weighted by atomic mass is 79.9. The number of quaternary nitrogens is 1. The summed E-state index contributed by atoms with van der Waals surface area (Å²) in [6.07, 6.45) is 2.24. The Bertz CT molecular complexity index is 627. The molecule has 2 bridgehead atoms. The third-order valence-electron chi connectivity index (χ3n) is 4.56. The molecule has 1 atom stereocenters. The topological polar surface area (TPSA) is 59.8 Å². The van der Waals surface area contributed by atoms with Gasteiger partial charge in [-0.15, -0.1) is 0 Å². The maximum atomic E-state index is 12.5. The van der Waals surface area contributed by atoms with E-state index in [2.05, 4.69) is 20.7 Å². The first-order chi connectivity index (χ1) is 9.99. The van der Waals surface area contributed by atoms with Gasteiger partial charge in [0.1, 0.15) is 5.75 Å². The lowest BCUT2D eigenvalue weighted by Crippen LogP contribution is -3.17. The molecule has 0 radical (unpaired) electrons. The zero-order chi connectivity index (χ0) is 15.0. The Morgan fingerprint density at radius 2 is 2.05 bits per heavy atom. The van der Waals surface area contributed by atoms with Gasteiger partial charge in [0.05, 0.1) is 42.2 Å². The summed E-state index contributed by atoms with van der Waals surface area (Å²) in [5.74, 6) is 1.11. The number of rotatable bonds is 4. The van der Waals surface area contributed by atoms with E-state index in [1.165, 1.54) is 18.0 Å². The first-order valence-corrected chi connectivity index (χ1v) is 9.46. The molecular formula is C14H20BrN2O3S+. The van der Waals surface area contributed by atoms with Gasteiger partial charge in [-0.25, -0.2) is 13.1 Å². The predicted molar refractivity (Wildman–Crippen MR) is 83.1 cm³/mol. The molecule has 3 fully saturated rings. The Morgan fingerprint density at radius 1 is 1.33 bits per heavy atom. The molecule has 1 aromatic rings. The molecule has 21 heavy (non-hydrogen) atoms. The first-order valence-electron chi connectivity index (χ1n) is 7.19. The monoisotopic (exact) mass is 375 g/mol. The zero-order valence-electron chi connectivity index (χ0n) is 11.9. The van der Waals surface area contributed by atoms with Gasteiger partial charge in [0, 0.05) is 12.8 Å². The largest absolute Gasteiger partial charge is 0.496 e. The second kappa shape index (κ2) is 5.87. The summed E-state index contributed by atoms with van der Waals surface area (Å²) in [5.41, 5.74) is 0. The van der Waals surface area contributed by atoms with Gasteiger partial charge in [-0.05, 0) is 40.0 Å². The lowest BCUT2D eigenvalue weighted by molar-refractivity contribution is -0.917. The quantitative estimate of drug-likeness (QED) is 0.801. The van der Waals surface area contributed by atoms with Crippen LogP contribution in [0.2, 0.25) is 0 Å². The number of halogens is 1. The fourth-order valence-electron chi connectivity index (χ4n) is 3.35. The van der Waals surface area contributed by atoms with Crippen LogP contribution in [-0.2, 0) is 10.0 Å². The molecule has 4 rings (SSSR count). The summed E-state index contributed by atoms with van der Waals surface area (Å²) in [5, 5.41) is 0. The van der Waals surface area contributed by atoms with Crippen LogP contribution in [0.25, 0.3) is 0 Å². The molecule has 3 aliphatic heterocycles. The average molecular weight is 376 g/mol. The summed E-state index contributed by atoms with van der Waals surface area (Å²) in [7, 11) is -1.92. The molecule has 3 saturated heterocycles. The number of hydrogen-bond donors (Lipinski definition) is 2. The van der Waals surface area contributed by atoms with Crippen molar-refractivity contribution in [2.24, 2.45) is 5.92 Å². The molecule has 0 unspecified atom stereocenters. The molecule has 1 aromatic carbocycles. The fourth-order valence-corrected chi connectivity index (χ4v) is 5.37. The van der Waals surface area contributed by atoms with Crippen molar-refractivity contribution >= 4 is 26.0 Å². The Labute approximate surface area is 133 Å². The standard InChI is InChI=1S/C14H19BrN2O3S/c1-20-14-3-2-11(8-12(14)15)21(18,19)16-13-9-17-6-4-10(13)5-7-17/h2-3,8,10,13,16H,4-7,9H2,1H3/p+1/t13-/m1/s1. The Balaban J connectivity index is 1.79. The highest BCUT2D eigenvalue weighted by Gasteiger charge is 2.39. The van der Waals surface area contributed by atoms with Crippen molar-refractivity contribution in [2.75, 3.05) is 26.7 Å². The number of ether oxygens (including phenoxy) is 1. The van der Waals surface area contributed by atoms with Crippen molar-refractivity contribution < 1.29 is 18.1 Å². The summed E-state index contributed by atoms with van der Waals surface area (Å²) >= 11 is 3.34. The van der Waals surface area contributed by atoms with E-state index >= 15 is 0 Å². The van der Waals surface area contributed by atoms with Crippen LogP contribution >= 0.6 is 15.9 Å². The summed E-state index contributed by atoms with van der Waals surface area (Å²) in [6, 6.07) is 4.91. The number of hydrogen-bond acceptors (Lipinski definition) is 3. The lowest BCUT2D eigenvalue weighted by atomic mass is 9.85. The predicted octanol–water partition coefficient (Wildman–Crippen LogP) is 0.413. The van der Waals surface area contributed by atoms with Crippen molar-refractivity contribution in [3.8, 4) is 5.75 Å². The van der Waals surface area contributed by atoms with Gasteiger partial charge in [0.15, 0.2) is 0 Å². The second-order valence-electron chi connectivity index (χ2n) is 5.82. The number of piperidine rings is 3. The molecule has 3 aliphatic rings. The molecule has 0 saturated carbocycles. The normalized spacial score (nSPS) is 28.6. The highest BCUT2D eigenvalue weighted by Crippen LogP contribution is 2.28. The van der Waals surface area contributed by atoms with Crippen LogP contribution in [0.15, 0.2) is 27.6 Å². The van der Waals surface area contributed by atoms with Gasteiger partial charge in [0.2, 0.25) is 10.0 Å². The van der Waals surface area contributed by atoms with Crippen LogP contribution in [0.1, 0.15) is 12.8 Å². The number of nitrogens with one attached hydrogen (secondary N) is 2. The van der Waals surface area contributed by atoms with Gasteiger partial charge in [0.25, 0.3) is 0 Å². The molecule has 2 N–H and O–H groups in total. The zero-order valence-corrected chi connectivity index (χ0v) is 14.3. The van der Waals surface area contributed by atoms with E-state index in [1.807, 2.05) is 0 Å². The summed E-state index contributed by atoms with van der Waals surface area (Å²) in [6.45, 7) is 3.26. The lowest BCUT2D eigenvalue weighted by Gasteiger charge is -2.41. The van der Waals surface area contributed by atoms with Crippen LogP contribution in [0.5, 0.6) is 5.75 Å².